The van der Waals surface area contributed by atoms with Crippen molar-refractivity contribution in [1.29, 1.82) is 0 Å². The molecule has 1 aliphatic heterocycles. The molecule has 0 saturated carbocycles. The molecule has 1 aliphatic rings. The Balaban J connectivity index is 1.40. The molecule has 148 valence electrons. The first-order valence-electron chi connectivity index (χ1n) is 9.40. The molecule has 4 nitrogen and oxygen atoms in total. The predicted molar refractivity (Wildman–Crippen MR) is 123 cm³/mol. The number of amides is 2. The predicted octanol–water partition coefficient (Wildman–Crippen LogP) is 5.87. The second-order valence-corrected chi connectivity index (χ2v) is 10.3. The lowest BCUT2D eigenvalue weighted by atomic mass is 10.3. The van der Waals surface area contributed by atoms with Crippen molar-refractivity contribution in [2.24, 2.45) is 0 Å². The molecule has 0 spiro atoms. The van der Waals surface area contributed by atoms with Crippen LogP contribution in [0.3, 0.4) is 0 Å². The number of rotatable bonds is 5. The van der Waals surface area contributed by atoms with Crippen LogP contribution < -0.4 is 4.90 Å². The SMILES string of the molecule is O=C1CC(Sc2nc3ccccc3s2)C(=O)N1c1ccccc1Sc1ccccc1. The van der Waals surface area contributed by atoms with Gasteiger partial charge in [-0.1, -0.05) is 66.0 Å². The van der Waals surface area contributed by atoms with Gasteiger partial charge in [-0.15, -0.1) is 11.3 Å². The number of thiazole rings is 1. The highest BCUT2D eigenvalue weighted by Crippen LogP contribution is 2.41. The fourth-order valence-corrected chi connectivity index (χ4v) is 6.61. The van der Waals surface area contributed by atoms with Crippen LogP contribution in [-0.4, -0.2) is 22.0 Å². The van der Waals surface area contributed by atoms with Gasteiger partial charge in [0.05, 0.1) is 15.9 Å². The van der Waals surface area contributed by atoms with Crippen LogP contribution in [0.5, 0.6) is 0 Å². The van der Waals surface area contributed by atoms with Gasteiger partial charge >= 0.3 is 0 Å². The first-order chi connectivity index (χ1) is 14.7. The second kappa shape index (κ2) is 8.26. The lowest BCUT2D eigenvalue weighted by molar-refractivity contribution is -0.121. The van der Waals surface area contributed by atoms with E-state index in [0.29, 0.717) is 5.69 Å². The van der Waals surface area contributed by atoms with E-state index in [2.05, 4.69) is 4.98 Å². The molecule has 4 aromatic rings. The van der Waals surface area contributed by atoms with E-state index in [4.69, 9.17) is 0 Å². The number of hydrogen-bond acceptors (Lipinski definition) is 6. The molecule has 0 aliphatic carbocycles. The van der Waals surface area contributed by atoms with E-state index in [9.17, 15) is 9.59 Å². The van der Waals surface area contributed by atoms with Gasteiger partial charge < -0.3 is 0 Å². The van der Waals surface area contributed by atoms with Gasteiger partial charge in [0, 0.05) is 16.2 Å². The highest BCUT2D eigenvalue weighted by molar-refractivity contribution is 8.02. The smallest absolute Gasteiger partial charge is 0.247 e. The minimum Gasteiger partial charge on any atom is -0.274 e. The van der Waals surface area contributed by atoms with Crippen LogP contribution in [0.15, 0.2) is 93.0 Å². The van der Waals surface area contributed by atoms with Crippen molar-refractivity contribution >= 4 is 62.6 Å². The third kappa shape index (κ3) is 3.76. The Bertz CT molecular complexity index is 1210. The third-order valence-corrected chi connectivity index (χ3v) is 8.09. The van der Waals surface area contributed by atoms with E-state index in [0.717, 1.165) is 24.3 Å². The van der Waals surface area contributed by atoms with E-state index in [1.807, 2.05) is 78.9 Å². The maximum absolute atomic E-state index is 13.2. The monoisotopic (exact) mass is 448 g/mol. The summed E-state index contributed by atoms with van der Waals surface area (Å²) in [5.74, 6) is -0.343. The molecular formula is C23H16N2O2S3. The summed E-state index contributed by atoms with van der Waals surface area (Å²) in [6.07, 6.45) is 0.184. The fourth-order valence-electron chi connectivity index (χ4n) is 3.32. The number of imide groups is 1. The summed E-state index contributed by atoms with van der Waals surface area (Å²) in [7, 11) is 0. The third-order valence-electron chi connectivity index (χ3n) is 4.70. The molecule has 0 N–H and O–H groups in total. The first kappa shape index (κ1) is 19.4. The van der Waals surface area contributed by atoms with Crippen molar-refractivity contribution in [2.45, 2.75) is 25.8 Å². The molecule has 2 heterocycles. The maximum Gasteiger partial charge on any atom is 0.247 e. The molecule has 0 bridgehead atoms. The number of para-hydroxylation sites is 2. The Morgan fingerprint density at radius 3 is 2.47 bits per heavy atom. The molecule has 1 aromatic heterocycles. The lowest BCUT2D eigenvalue weighted by Gasteiger charge is -2.18. The normalized spacial score (nSPS) is 16.5. The zero-order valence-electron chi connectivity index (χ0n) is 15.7. The van der Waals surface area contributed by atoms with E-state index in [1.54, 1.807) is 23.1 Å². The average molecular weight is 449 g/mol. The number of fused-ring (bicyclic) bond motifs is 1. The summed E-state index contributed by atoms with van der Waals surface area (Å²) in [4.78, 5) is 33.9. The largest absolute Gasteiger partial charge is 0.274 e. The molecule has 0 radical (unpaired) electrons. The van der Waals surface area contributed by atoms with Crippen molar-refractivity contribution in [1.82, 2.24) is 4.98 Å². The van der Waals surface area contributed by atoms with Crippen LogP contribution in [0.25, 0.3) is 10.2 Å². The Hall–Kier alpha value is -2.61. The van der Waals surface area contributed by atoms with Gasteiger partial charge in [0.2, 0.25) is 11.8 Å². The molecule has 1 unspecified atom stereocenters. The molecule has 30 heavy (non-hydrogen) atoms. The molecule has 2 amide bonds. The average Bonchev–Trinajstić information content (AvgIpc) is 3.29. The molecule has 3 aromatic carbocycles. The Kier molecular flexibility index (Phi) is 5.33. The molecular weight excluding hydrogens is 432 g/mol. The van der Waals surface area contributed by atoms with Crippen LogP contribution in [0.1, 0.15) is 6.42 Å². The van der Waals surface area contributed by atoms with Crippen LogP contribution in [0.4, 0.5) is 5.69 Å². The number of thioether (sulfide) groups is 1. The highest BCUT2D eigenvalue weighted by Gasteiger charge is 2.41. The highest BCUT2D eigenvalue weighted by atomic mass is 32.2. The van der Waals surface area contributed by atoms with Crippen LogP contribution in [0, 0.1) is 0 Å². The molecule has 7 heteroatoms. The Morgan fingerprint density at radius 1 is 0.900 bits per heavy atom. The van der Waals surface area contributed by atoms with E-state index in [-0.39, 0.29) is 18.2 Å². The van der Waals surface area contributed by atoms with E-state index in [1.165, 1.54) is 16.7 Å². The fraction of sp³-hybridized carbons (Fsp3) is 0.0870. The number of benzene rings is 3. The van der Waals surface area contributed by atoms with Crippen molar-refractivity contribution in [3.63, 3.8) is 0 Å². The zero-order valence-corrected chi connectivity index (χ0v) is 18.2. The van der Waals surface area contributed by atoms with Gasteiger partial charge in [-0.05, 0) is 36.4 Å². The minimum absolute atomic E-state index is 0.167. The number of hydrogen-bond donors (Lipinski definition) is 0. The Morgan fingerprint density at radius 2 is 1.63 bits per heavy atom. The van der Waals surface area contributed by atoms with Crippen LogP contribution in [0.2, 0.25) is 0 Å². The standard InChI is InChI=1S/C23H16N2O2S3/c26-21-14-20(30-23-24-16-10-4-6-12-18(16)29-23)22(27)25(21)17-11-5-7-13-19(17)28-15-8-2-1-3-9-15/h1-13,20H,14H2. The lowest BCUT2D eigenvalue weighted by Crippen LogP contribution is -2.31. The quantitative estimate of drug-likeness (QED) is 0.357. The summed E-state index contributed by atoms with van der Waals surface area (Å²) < 4.78 is 1.90. The Labute approximate surface area is 186 Å². The van der Waals surface area contributed by atoms with E-state index >= 15 is 0 Å². The number of carbonyl (C=O) groups is 2. The van der Waals surface area contributed by atoms with Gasteiger partial charge in [0.15, 0.2) is 4.34 Å². The number of carbonyl (C=O) groups excluding carboxylic acids is 2. The van der Waals surface area contributed by atoms with Crippen molar-refractivity contribution in [2.75, 3.05) is 4.90 Å². The van der Waals surface area contributed by atoms with Gasteiger partial charge in [-0.25, -0.2) is 9.88 Å². The van der Waals surface area contributed by atoms with E-state index < -0.39 is 5.25 Å². The van der Waals surface area contributed by atoms with Gasteiger partial charge in [-0.3, -0.25) is 9.59 Å². The number of nitrogens with zero attached hydrogens (tertiary/aromatic N) is 2. The van der Waals surface area contributed by atoms with Crippen molar-refractivity contribution in [3.8, 4) is 0 Å². The molecule has 5 rings (SSSR count). The van der Waals surface area contributed by atoms with Gasteiger partial charge in [0.1, 0.15) is 5.25 Å². The van der Waals surface area contributed by atoms with Crippen LogP contribution >= 0.6 is 34.9 Å². The van der Waals surface area contributed by atoms with Crippen LogP contribution in [-0.2, 0) is 9.59 Å². The summed E-state index contributed by atoms with van der Waals surface area (Å²) >= 11 is 4.49. The zero-order chi connectivity index (χ0) is 20.5. The summed E-state index contributed by atoms with van der Waals surface area (Å²) in [6.45, 7) is 0. The number of anilines is 1. The summed E-state index contributed by atoms with van der Waals surface area (Å²) in [6, 6.07) is 25.4. The maximum atomic E-state index is 13.2. The van der Waals surface area contributed by atoms with Gasteiger partial charge in [-0.2, -0.15) is 0 Å². The molecule has 1 saturated heterocycles. The van der Waals surface area contributed by atoms with Crippen molar-refractivity contribution < 1.29 is 9.59 Å². The number of aromatic nitrogens is 1. The van der Waals surface area contributed by atoms with Crippen molar-refractivity contribution in [3.05, 3.63) is 78.9 Å². The first-order valence-corrected chi connectivity index (χ1v) is 11.9. The summed E-state index contributed by atoms with van der Waals surface area (Å²) in [5.41, 5.74) is 1.57. The minimum atomic E-state index is -0.451. The van der Waals surface area contributed by atoms with Gasteiger partial charge in [0.25, 0.3) is 0 Å². The molecule has 1 atom stereocenters. The second-order valence-electron chi connectivity index (χ2n) is 6.71. The molecule has 1 fully saturated rings. The summed E-state index contributed by atoms with van der Waals surface area (Å²) in [5, 5.41) is -0.451. The topological polar surface area (TPSA) is 50.3 Å².